The summed E-state index contributed by atoms with van der Waals surface area (Å²) in [7, 11) is 0. The molecule has 2 aromatic rings. The highest BCUT2D eigenvalue weighted by Gasteiger charge is 2.25. The minimum absolute atomic E-state index is 0.0321. The Hall–Kier alpha value is -2.62. The van der Waals surface area contributed by atoms with Crippen LogP contribution in [0.25, 0.3) is 0 Å². The fourth-order valence-electron chi connectivity index (χ4n) is 2.23. The first-order valence-corrected chi connectivity index (χ1v) is 7.62. The van der Waals surface area contributed by atoms with Crippen LogP contribution in [-0.2, 0) is 25.7 Å². The molecular formula is C19H20O4. The van der Waals surface area contributed by atoms with E-state index in [1.807, 2.05) is 60.7 Å². The first-order valence-electron chi connectivity index (χ1n) is 7.62. The highest BCUT2D eigenvalue weighted by molar-refractivity contribution is 5.84. The van der Waals surface area contributed by atoms with E-state index in [1.165, 1.54) is 0 Å². The van der Waals surface area contributed by atoms with Crippen molar-refractivity contribution in [2.24, 2.45) is 0 Å². The first kappa shape index (κ1) is 16.7. The molecule has 0 aliphatic heterocycles. The van der Waals surface area contributed by atoms with Crippen LogP contribution in [0.1, 0.15) is 30.4 Å². The molecule has 1 atom stereocenters. The van der Waals surface area contributed by atoms with E-state index in [4.69, 9.17) is 9.47 Å². The molecule has 0 bridgehead atoms. The summed E-state index contributed by atoms with van der Waals surface area (Å²) >= 11 is 0. The summed E-state index contributed by atoms with van der Waals surface area (Å²) in [4.78, 5) is 24.2. The lowest BCUT2D eigenvalue weighted by atomic mass is 9.96. The largest absolute Gasteiger partial charge is 0.466 e. The molecule has 23 heavy (non-hydrogen) atoms. The first-order chi connectivity index (χ1) is 11.2. The topological polar surface area (TPSA) is 52.6 Å². The third kappa shape index (κ3) is 5.25. The zero-order valence-corrected chi connectivity index (χ0v) is 13.1. The quantitative estimate of drug-likeness (QED) is 0.735. The molecular weight excluding hydrogens is 292 g/mol. The van der Waals surface area contributed by atoms with Crippen molar-refractivity contribution in [2.75, 3.05) is 6.61 Å². The number of hydrogen-bond donors (Lipinski definition) is 0. The van der Waals surface area contributed by atoms with Crippen molar-refractivity contribution in [1.82, 2.24) is 0 Å². The van der Waals surface area contributed by atoms with Crippen molar-refractivity contribution in [3.8, 4) is 0 Å². The molecule has 0 saturated heterocycles. The zero-order valence-electron chi connectivity index (χ0n) is 13.1. The third-order valence-corrected chi connectivity index (χ3v) is 3.39. The van der Waals surface area contributed by atoms with Crippen molar-refractivity contribution < 1.29 is 19.1 Å². The van der Waals surface area contributed by atoms with Gasteiger partial charge in [-0.05, 0) is 18.1 Å². The molecule has 0 heterocycles. The van der Waals surface area contributed by atoms with Crippen LogP contribution in [0, 0.1) is 0 Å². The van der Waals surface area contributed by atoms with E-state index in [1.54, 1.807) is 6.92 Å². The van der Waals surface area contributed by atoms with Gasteiger partial charge in [0.25, 0.3) is 0 Å². The van der Waals surface area contributed by atoms with Gasteiger partial charge in [-0.2, -0.15) is 0 Å². The van der Waals surface area contributed by atoms with Crippen molar-refractivity contribution in [3.63, 3.8) is 0 Å². The Morgan fingerprint density at radius 3 is 2.13 bits per heavy atom. The van der Waals surface area contributed by atoms with E-state index < -0.39 is 17.9 Å². The lowest BCUT2D eigenvalue weighted by Crippen LogP contribution is -2.20. The molecule has 2 rings (SSSR count). The lowest BCUT2D eigenvalue weighted by Gasteiger charge is -2.15. The number of carbonyl (C=O) groups excluding carboxylic acids is 2. The van der Waals surface area contributed by atoms with Crippen molar-refractivity contribution >= 4 is 11.9 Å². The van der Waals surface area contributed by atoms with E-state index in [0.29, 0.717) is 0 Å². The Bertz CT molecular complexity index is 622. The Morgan fingerprint density at radius 2 is 1.52 bits per heavy atom. The number of esters is 2. The van der Waals surface area contributed by atoms with E-state index in [0.717, 1.165) is 11.1 Å². The second-order valence-corrected chi connectivity index (χ2v) is 5.07. The molecule has 120 valence electrons. The standard InChI is InChI=1S/C19H20O4/c1-2-22-19(21)17(16-11-7-4-8-12-16)13-18(20)23-14-15-9-5-3-6-10-15/h3-12,17H,2,13-14H2,1H3. The second-order valence-electron chi connectivity index (χ2n) is 5.07. The molecule has 0 aliphatic rings. The van der Waals surface area contributed by atoms with Crippen LogP contribution in [0.15, 0.2) is 60.7 Å². The third-order valence-electron chi connectivity index (χ3n) is 3.39. The Labute approximate surface area is 136 Å². The van der Waals surface area contributed by atoms with Gasteiger partial charge in [0.05, 0.1) is 18.9 Å². The van der Waals surface area contributed by atoms with Gasteiger partial charge in [0.2, 0.25) is 0 Å². The minimum Gasteiger partial charge on any atom is -0.466 e. The number of hydrogen-bond acceptors (Lipinski definition) is 4. The van der Waals surface area contributed by atoms with Crippen molar-refractivity contribution in [2.45, 2.75) is 25.9 Å². The van der Waals surface area contributed by atoms with E-state index in [9.17, 15) is 9.59 Å². The molecule has 0 amide bonds. The Morgan fingerprint density at radius 1 is 0.913 bits per heavy atom. The van der Waals surface area contributed by atoms with Gasteiger partial charge in [-0.1, -0.05) is 60.7 Å². The lowest BCUT2D eigenvalue weighted by molar-refractivity contribution is -0.152. The highest BCUT2D eigenvalue weighted by atomic mass is 16.5. The number of benzene rings is 2. The smallest absolute Gasteiger partial charge is 0.313 e. The van der Waals surface area contributed by atoms with E-state index >= 15 is 0 Å². The average Bonchev–Trinajstić information content (AvgIpc) is 2.59. The van der Waals surface area contributed by atoms with Gasteiger partial charge in [0, 0.05) is 0 Å². The van der Waals surface area contributed by atoms with Gasteiger partial charge in [-0.15, -0.1) is 0 Å². The molecule has 2 aromatic carbocycles. The molecule has 0 aromatic heterocycles. The molecule has 0 aliphatic carbocycles. The molecule has 0 N–H and O–H groups in total. The molecule has 4 heteroatoms. The maximum Gasteiger partial charge on any atom is 0.313 e. The maximum absolute atomic E-state index is 12.1. The fourth-order valence-corrected chi connectivity index (χ4v) is 2.23. The van der Waals surface area contributed by atoms with E-state index in [-0.39, 0.29) is 19.6 Å². The van der Waals surface area contributed by atoms with Crippen molar-refractivity contribution in [3.05, 3.63) is 71.8 Å². The fraction of sp³-hybridized carbons (Fsp3) is 0.263. The van der Waals surface area contributed by atoms with Gasteiger partial charge < -0.3 is 9.47 Å². The summed E-state index contributed by atoms with van der Waals surface area (Å²) in [6, 6.07) is 18.6. The number of carbonyl (C=O) groups is 2. The average molecular weight is 312 g/mol. The van der Waals surface area contributed by atoms with Crippen LogP contribution in [0.3, 0.4) is 0 Å². The van der Waals surface area contributed by atoms with Gasteiger partial charge in [-0.3, -0.25) is 9.59 Å². The number of rotatable bonds is 7. The Kier molecular flexibility index (Phi) is 6.36. The maximum atomic E-state index is 12.1. The Balaban J connectivity index is 1.99. The van der Waals surface area contributed by atoms with Gasteiger partial charge in [-0.25, -0.2) is 0 Å². The van der Waals surface area contributed by atoms with Crippen LogP contribution in [0.4, 0.5) is 0 Å². The summed E-state index contributed by atoms with van der Waals surface area (Å²) in [5.41, 5.74) is 1.66. The molecule has 0 spiro atoms. The van der Waals surface area contributed by atoms with Crippen LogP contribution in [-0.4, -0.2) is 18.5 Å². The second kappa shape index (κ2) is 8.73. The van der Waals surface area contributed by atoms with Gasteiger partial charge >= 0.3 is 11.9 Å². The predicted octanol–water partition coefficient (Wildman–Crippen LogP) is 3.47. The highest BCUT2D eigenvalue weighted by Crippen LogP contribution is 2.22. The van der Waals surface area contributed by atoms with Crippen LogP contribution >= 0.6 is 0 Å². The van der Waals surface area contributed by atoms with Crippen molar-refractivity contribution in [1.29, 1.82) is 0 Å². The van der Waals surface area contributed by atoms with Gasteiger partial charge in [0.15, 0.2) is 0 Å². The molecule has 1 unspecified atom stereocenters. The molecule has 0 saturated carbocycles. The number of ether oxygens (including phenoxy) is 2. The van der Waals surface area contributed by atoms with Crippen LogP contribution in [0.5, 0.6) is 0 Å². The van der Waals surface area contributed by atoms with Gasteiger partial charge in [0.1, 0.15) is 6.61 Å². The van der Waals surface area contributed by atoms with Crippen LogP contribution in [0.2, 0.25) is 0 Å². The zero-order chi connectivity index (χ0) is 16.5. The summed E-state index contributed by atoms with van der Waals surface area (Å²) in [5, 5.41) is 0. The van der Waals surface area contributed by atoms with E-state index in [2.05, 4.69) is 0 Å². The molecule has 4 nitrogen and oxygen atoms in total. The molecule has 0 radical (unpaired) electrons. The monoisotopic (exact) mass is 312 g/mol. The molecule has 0 fully saturated rings. The summed E-state index contributed by atoms with van der Waals surface area (Å²) in [6.45, 7) is 2.22. The minimum atomic E-state index is -0.639. The predicted molar refractivity (Wildman–Crippen MR) is 86.7 cm³/mol. The van der Waals surface area contributed by atoms with Crippen LogP contribution < -0.4 is 0 Å². The SMILES string of the molecule is CCOC(=O)C(CC(=O)OCc1ccccc1)c1ccccc1. The summed E-state index contributed by atoms with van der Waals surface area (Å²) in [5.74, 6) is -1.47. The summed E-state index contributed by atoms with van der Waals surface area (Å²) < 4.78 is 10.3. The normalized spacial score (nSPS) is 11.5. The summed E-state index contributed by atoms with van der Waals surface area (Å²) in [6.07, 6.45) is -0.0321.